The van der Waals surface area contributed by atoms with Crippen LogP contribution in [0.1, 0.15) is 33.1 Å². The van der Waals surface area contributed by atoms with E-state index in [0.29, 0.717) is 17.9 Å². The third-order valence-corrected chi connectivity index (χ3v) is 3.19. The van der Waals surface area contributed by atoms with Crippen molar-refractivity contribution in [3.63, 3.8) is 0 Å². The fourth-order valence-electron chi connectivity index (χ4n) is 1.94. The minimum atomic E-state index is -0.156. The molecular weight excluding hydrogens is 254 g/mol. The summed E-state index contributed by atoms with van der Waals surface area (Å²) in [7, 11) is 0. The van der Waals surface area contributed by atoms with Crippen LogP contribution in [0.25, 0.3) is 0 Å². The zero-order chi connectivity index (χ0) is 15.0. The van der Waals surface area contributed by atoms with Crippen molar-refractivity contribution in [2.75, 3.05) is 17.2 Å². The van der Waals surface area contributed by atoms with Crippen molar-refractivity contribution in [2.24, 2.45) is 11.7 Å². The summed E-state index contributed by atoms with van der Waals surface area (Å²) in [6.45, 7) is 4.28. The summed E-state index contributed by atoms with van der Waals surface area (Å²) in [6, 6.07) is 7.17. The molecule has 0 bridgehead atoms. The smallest absolute Gasteiger partial charge is 0.227 e. The second-order valence-electron chi connectivity index (χ2n) is 4.64. The van der Waals surface area contributed by atoms with Crippen LogP contribution in [0.4, 0.5) is 11.4 Å². The molecule has 1 aromatic carbocycles. The monoisotopic (exact) mass is 277 g/mol. The number of amides is 2. The van der Waals surface area contributed by atoms with Gasteiger partial charge in [-0.05, 0) is 25.0 Å². The predicted octanol–water partition coefficient (Wildman–Crippen LogP) is 2.35. The van der Waals surface area contributed by atoms with Crippen LogP contribution in [0, 0.1) is 5.92 Å². The zero-order valence-corrected chi connectivity index (χ0v) is 12.1. The van der Waals surface area contributed by atoms with Gasteiger partial charge in [0.1, 0.15) is 0 Å². The minimum Gasteiger partial charge on any atom is -0.330 e. The highest BCUT2D eigenvalue weighted by Crippen LogP contribution is 2.22. The van der Waals surface area contributed by atoms with E-state index in [1.807, 2.05) is 26.0 Å². The maximum absolute atomic E-state index is 12.1. The molecule has 110 valence electrons. The number of nitrogens with one attached hydrogen (secondary N) is 2. The summed E-state index contributed by atoms with van der Waals surface area (Å²) in [6.07, 6.45) is 1.85. The Morgan fingerprint density at radius 1 is 1.10 bits per heavy atom. The van der Waals surface area contributed by atoms with Crippen molar-refractivity contribution in [3.8, 4) is 0 Å². The topological polar surface area (TPSA) is 84.2 Å². The average molecular weight is 277 g/mol. The third-order valence-electron chi connectivity index (χ3n) is 3.19. The lowest BCUT2D eigenvalue weighted by Gasteiger charge is -2.16. The average Bonchev–Trinajstić information content (AvgIpc) is 2.42. The molecule has 0 heterocycles. The largest absolute Gasteiger partial charge is 0.330 e. The van der Waals surface area contributed by atoms with Crippen LogP contribution in [-0.2, 0) is 9.59 Å². The standard InChI is InChI=1S/C15H23N3O2/c1-3-11(4-2)15(20)18-13-8-6-5-7-12(13)17-14(19)9-10-16/h5-8,11H,3-4,9-10,16H2,1-2H3,(H,17,19)(H,18,20). The van der Waals surface area contributed by atoms with Gasteiger partial charge in [-0.2, -0.15) is 0 Å². The number of benzene rings is 1. The van der Waals surface area contributed by atoms with Crippen molar-refractivity contribution in [2.45, 2.75) is 33.1 Å². The van der Waals surface area contributed by atoms with E-state index < -0.39 is 0 Å². The first-order chi connectivity index (χ1) is 9.62. The molecular formula is C15H23N3O2. The van der Waals surface area contributed by atoms with E-state index in [1.54, 1.807) is 12.1 Å². The number of hydrogen-bond donors (Lipinski definition) is 3. The van der Waals surface area contributed by atoms with Gasteiger partial charge in [-0.3, -0.25) is 9.59 Å². The highest BCUT2D eigenvalue weighted by Gasteiger charge is 2.15. The molecule has 0 saturated heterocycles. The molecule has 1 rings (SSSR count). The van der Waals surface area contributed by atoms with Crippen LogP contribution in [-0.4, -0.2) is 18.4 Å². The van der Waals surface area contributed by atoms with Crippen molar-refractivity contribution in [3.05, 3.63) is 24.3 Å². The quantitative estimate of drug-likeness (QED) is 0.715. The Kier molecular flexibility index (Phi) is 6.73. The van der Waals surface area contributed by atoms with E-state index in [1.165, 1.54) is 0 Å². The summed E-state index contributed by atoms with van der Waals surface area (Å²) in [5, 5.41) is 5.63. The summed E-state index contributed by atoms with van der Waals surface area (Å²) in [4.78, 5) is 23.7. The Morgan fingerprint density at radius 3 is 2.15 bits per heavy atom. The van der Waals surface area contributed by atoms with Crippen LogP contribution >= 0.6 is 0 Å². The molecule has 5 nitrogen and oxygen atoms in total. The molecule has 20 heavy (non-hydrogen) atoms. The first-order valence-electron chi connectivity index (χ1n) is 7.02. The van der Waals surface area contributed by atoms with E-state index >= 15 is 0 Å². The van der Waals surface area contributed by atoms with Gasteiger partial charge in [0.15, 0.2) is 0 Å². The Bertz CT molecular complexity index is 456. The fraction of sp³-hybridized carbons (Fsp3) is 0.467. The van der Waals surface area contributed by atoms with Gasteiger partial charge in [0, 0.05) is 18.9 Å². The normalized spacial score (nSPS) is 10.4. The Hall–Kier alpha value is -1.88. The van der Waals surface area contributed by atoms with Gasteiger partial charge in [-0.15, -0.1) is 0 Å². The van der Waals surface area contributed by atoms with E-state index in [4.69, 9.17) is 5.73 Å². The Labute approximate surface area is 119 Å². The van der Waals surface area contributed by atoms with Gasteiger partial charge in [0.2, 0.25) is 11.8 Å². The van der Waals surface area contributed by atoms with Crippen molar-refractivity contribution < 1.29 is 9.59 Å². The summed E-state index contributed by atoms with van der Waals surface area (Å²) in [5.74, 6) is -0.185. The van der Waals surface area contributed by atoms with Crippen LogP contribution in [0.15, 0.2) is 24.3 Å². The van der Waals surface area contributed by atoms with Gasteiger partial charge in [0.05, 0.1) is 11.4 Å². The molecule has 2 amide bonds. The number of hydrogen-bond acceptors (Lipinski definition) is 3. The molecule has 0 aliphatic heterocycles. The fourth-order valence-corrected chi connectivity index (χ4v) is 1.94. The lowest BCUT2D eigenvalue weighted by Crippen LogP contribution is -2.23. The van der Waals surface area contributed by atoms with Crippen LogP contribution in [0.3, 0.4) is 0 Å². The first kappa shape index (κ1) is 16.2. The first-order valence-corrected chi connectivity index (χ1v) is 7.02. The maximum atomic E-state index is 12.1. The van der Waals surface area contributed by atoms with Crippen LogP contribution in [0.2, 0.25) is 0 Å². The predicted molar refractivity (Wildman–Crippen MR) is 81.4 cm³/mol. The molecule has 0 aromatic heterocycles. The lowest BCUT2D eigenvalue weighted by molar-refractivity contribution is -0.120. The number of carbonyl (C=O) groups excluding carboxylic acids is 2. The molecule has 0 fully saturated rings. The molecule has 0 spiro atoms. The molecule has 4 N–H and O–H groups in total. The van der Waals surface area contributed by atoms with Crippen molar-refractivity contribution >= 4 is 23.2 Å². The number of carbonyl (C=O) groups is 2. The molecule has 5 heteroatoms. The molecule has 0 unspecified atom stereocenters. The van der Waals surface area contributed by atoms with Crippen LogP contribution in [0.5, 0.6) is 0 Å². The number of nitrogens with two attached hydrogens (primary N) is 1. The Morgan fingerprint density at radius 2 is 1.65 bits per heavy atom. The second kappa shape index (κ2) is 8.32. The molecule has 0 aliphatic rings. The summed E-state index contributed by atoms with van der Waals surface area (Å²) < 4.78 is 0. The van der Waals surface area contributed by atoms with E-state index in [0.717, 1.165) is 12.8 Å². The van der Waals surface area contributed by atoms with E-state index in [-0.39, 0.29) is 24.2 Å². The van der Waals surface area contributed by atoms with Crippen LogP contribution < -0.4 is 16.4 Å². The van der Waals surface area contributed by atoms with E-state index in [2.05, 4.69) is 10.6 Å². The summed E-state index contributed by atoms with van der Waals surface area (Å²) >= 11 is 0. The molecule has 0 atom stereocenters. The number of anilines is 2. The van der Waals surface area contributed by atoms with Gasteiger partial charge < -0.3 is 16.4 Å². The SMILES string of the molecule is CCC(CC)C(=O)Nc1ccccc1NC(=O)CCN. The van der Waals surface area contributed by atoms with Gasteiger partial charge in [-0.25, -0.2) is 0 Å². The minimum absolute atomic E-state index is 0.0113. The van der Waals surface area contributed by atoms with Gasteiger partial charge in [0.25, 0.3) is 0 Å². The highest BCUT2D eigenvalue weighted by molar-refractivity contribution is 6.00. The number of para-hydroxylation sites is 2. The molecule has 0 saturated carbocycles. The molecule has 0 aliphatic carbocycles. The third kappa shape index (κ3) is 4.66. The van der Waals surface area contributed by atoms with E-state index in [9.17, 15) is 9.59 Å². The highest BCUT2D eigenvalue weighted by atomic mass is 16.2. The lowest BCUT2D eigenvalue weighted by atomic mass is 10.0. The maximum Gasteiger partial charge on any atom is 0.227 e. The Balaban J connectivity index is 2.80. The zero-order valence-electron chi connectivity index (χ0n) is 12.1. The van der Waals surface area contributed by atoms with Gasteiger partial charge >= 0.3 is 0 Å². The molecule has 1 aromatic rings. The number of rotatable bonds is 7. The van der Waals surface area contributed by atoms with Crippen molar-refractivity contribution in [1.82, 2.24) is 0 Å². The molecule has 0 radical (unpaired) electrons. The second-order valence-corrected chi connectivity index (χ2v) is 4.64. The summed E-state index contributed by atoms with van der Waals surface area (Å²) in [5.41, 5.74) is 6.57. The van der Waals surface area contributed by atoms with Gasteiger partial charge in [-0.1, -0.05) is 26.0 Å². The van der Waals surface area contributed by atoms with Crippen molar-refractivity contribution in [1.29, 1.82) is 0 Å².